The molecule has 0 fully saturated rings. The number of hydrogen-bond donors (Lipinski definition) is 2. The molecule has 0 unspecified atom stereocenters. The second-order valence-corrected chi connectivity index (χ2v) is 10.5. The number of anilines is 3. The van der Waals surface area contributed by atoms with E-state index < -0.39 is 11.9 Å². The highest BCUT2D eigenvalue weighted by Gasteiger charge is 2.29. The van der Waals surface area contributed by atoms with Crippen molar-refractivity contribution < 1.29 is 19.0 Å². The summed E-state index contributed by atoms with van der Waals surface area (Å²) in [5.41, 5.74) is 6.39. The summed E-state index contributed by atoms with van der Waals surface area (Å²) in [4.78, 5) is 24.1. The predicted octanol–water partition coefficient (Wildman–Crippen LogP) is 6.31. The number of carbonyl (C=O) groups is 1. The van der Waals surface area contributed by atoms with Gasteiger partial charge in [-0.25, -0.2) is 19.2 Å². The summed E-state index contributed by atoms with van der Waals surface area (Å²) in [5, 5.41) is 14.2. The normalized spacial score (nSPS) is 15.1. The van der Waals surface area contributed by atoms with Crippen LogP contribution in [-0.4, -0.2) is 52.8 Å². The molecular formula is C29H27ClFN5O3. The number of likely N-dealkylation sites (N-methyl/N-ethyl adjacent to an activating group) is 1. The molecule has 39 heavy (non-hydrogen) atoms. The van der Waals surface area contributed by atoms with E-state index in [4.69, 9.17) is 16.3 Å². The van der Waals surface area contributed by atoms with E-state index in [9.17, 15) is 9.90 Å². The Kier molecular flexibility index (Phi) is 6.28. The molecule has 4 aromatic rings. The van der Waals surface area contributed by atoms with Gasteiger partial charge in [0.25, 0.3) is 0 Å². The minimum absolute atomic E-state index is 0.0577. The van der Waals surface area contributed by atoms with E-state index in [1.165, 1.54) is 27.8 Å². The van der Waals surface area contributed by atoms with Crippen LogP contribution in [0.1, 0.15) is 22.3 Å². The van der Waals surface area contributed by atoms with E-state index in [2.05, 4.69) is 46.3 Å². The minimum Gasteiger partial charge on any atom is -0.474 e. The lowest BCUT2D eigenvalue weighted by Crippen LogP contribution is -2.37. The highest BCUT2D eigenvalue weighted by Crippen LogP contribution is 2.42. The maximum absolute atomic E-state index is 15.6. The third kappa shape index (κ3) is 4.41. The molecular weight excluding hydrogens is 521 g/mol. The molecule has 0 saturated carbocycles. The van der Waals surface area contributed by atoms with Gasteiger partial charge in [-0.3, -0.25) is 4.90 Å². The van der Waals surface area contributed by atoms with Crippen LogP contribution in [0.3, 0.4) is 0 Å². The lowest BCUT2D eigenvalue weighted by atomic mass is 9.94. The van der Waals surface area contributed by atoms with Crippen LogP contribution < -0.4 is 15.0 Å². The zero-order valence-corrected chi connectivity index (χ0v) is 22.6. The fraction of sp³-hybridized carbons (Fsp3) is 0.276. The molecule has 2 aromatic carbocycles. The van der Waals surface area contributed by atoms with Crippen molar-refractivity contribution in [3.8, 4) is 17.0 Å². The van der Waals surface area contributed by atoms with E-state index in [-0.39, 0.29) is 29.6 Å². The number of benzene rings is 2. The summed E-state index contributed by atoms with van der Waals surface area (Å²) < 4.78 is 21.2. The largest absolute Gasteiger partial charge is 0.474 e. The van der Waals surface area contributed by atoms with Crippen LogP contribution in [0, 0.1) is 19.7 Å². The Balaban J connectivity index is 1.41. The van der Waals surface area contributed by atoms with E-state index in [1.807, 2.05) is 6.07 Å². The number of hydrogen-bond acceptors (Lipinski definition) is 6. The Morgan fingerprint density at radius 1 is 1.13 bits per heavy atom. The molecule has 200 valence electrons. The molecule has 1 amide bonds. The quantitative estimate of drug-likeness (QED) is 0.310. The molecule has 0 bridgehead atoms. The van der Waals surface area contributed by atoms with Crippen LogP contribution in [0.4, 0.5) is 26.4 Å². The molecule has 2 N–H and O–H groups in total. The van der Waals surface area contributed by atoms with Gasteiger partial charge >= 0.3 is 6.09 Å². The molecule has 8 nitrogen and oxygen atoms in total. The average molecular weight is 548 g/mol. The van der Waals surface area contributed by atoms with Gasteiger partial charge in [-0.15, -0.1) is 0 Å². The first-order valence-corrected chi connectivity index (χ1v) is 13.1. The first-order valence-electron chi connectivity index (χ1n) is 12.7. The van der Waals surface area contributed by atoms with Crippen molar-refractivity contribution >= 4 is 45.7 Å². The summed E-state index contributed by atoms with van der Waals surface area (Å²) in [6.07, 6.45) is 2.97. The number of nitrogens with one attached hydrogen (secondary N) is 1. The standard InChI is InChI=1S/C29H27ClFN5O3/c1-15-8-19(9-18-14-35(3)5-4-20(15)18)34-24-11-17-10-21(26(31)25(30)23(17)13-32-24)22-12-33-28-27(16(22)2)36(29(37)38)6-7-39-28/h8-13H,4-7,14H2,1-3H3,(H,32,34)(H,37,38). The van der Waals surface area contributed by atoms with Crippen molar-refractivity contribution in [2.45, 2.75) is 26.8 Å². The van der Waals surface area contributed by atoms with Gasteiger partial charge in [0.2, 0.25) is 5.88 Å². The van der Waals surface area contributed by atoms with Crippen molar-refractivity contribution in [2.75, 3.05) is 37.0 Å². The molecule has 2 aromatic heterocycles. The Morgan fingerprint density at radius 3 is 2.74 bits per heavy atom. The second kappa shape index (κ2) is 9.66. The molecule has 0 radical (unpaired) electrons. The number of carboxylic acid groups (broad SMARTS) is 1. The fourth-order valence-corrected chi connectivity index (χ4v) is 5.84. The maximum atomic E-state index is 15.6. The van der Waals surface area contributed by atoms with Gasteiger partial charge in [0.05, 0.1) is 11.6 Å². The number of amides is 1. The van der Waals surface area contributed by atoms with Gasteiger partial charge in [0.15, 0.2) is 0 Å². The monoisotopic (exact) mass is 547 g/mol. The number of fused-ring (bicyclic) bond motifs is 3. The van der Waals surface area contributed by atoms with Crippen molar-refractivity contribution in [3.63, 3.8) is 0 Å². The van der Waals surface area contributed by atoms with Crippen LogP contribution in [0.5, 0.6) is 5.88 Å². The number of pyridine rings is 2. The molecule has 10 heteroatoms. The average Bonchev–Trinajstić information content (AvgIpc) is 2.90. The molecule has 0 atom stereocenters. The van der Waals surface area contributed by atoms with Crippen molar-refractivity contribution in [2.24, 2.45) is 0 Å². The van der Waals surface area contributed by atoms with E-state index in [0.29, 0.717) is 33.4 Å². The van der Waals surface area contributed by atoms with Crippen LogP contribution >= 0.6 is 11.6 Å². The molecule has 2 aliphatic rings. The third-order valence-electron chi connectivity index (χ3n) is 7.54. The van der Waals surface area contributed by atoms with Gasteiger partial charge in [0, 0.05) is 47.7 Å². The number of rotatable bonds is 3. The van der Waals surface area contributed by atoms with Gasteiger partial charge in [0.1, 0.15) is 23.9 Å². The van der Waals surface area contributed by atoms with Gasteiger partial charge < -0.3 is 20.1 Å². The summed E-state index contributed by atoms with van der Waals surface area (Å²) in [6.45, 7) is 6.16. The Labute approximate surface area is 230 Å². The van der Waals surface area contributed by atoms with E-state index in [1.54, 1.807) is 19.2 Å². The summed E-state index contributed by atoms with van der Waals surface area (Å²) in [5.74, 6) is 0.189. The maximum Gasteiger partial charge on any atom is 0.412 e. The van der Waals surface area contributed by atoms with Gasteiger partial charge in [-0.1, -0.05) is 11.6 Å². The number of halogens is 2. The van der Waals surface area contributed by atoms with Crippen molar-refractivity contribution in [1.82, 2.24) is 14.9 Å². The van der Waals surface area contributed by atoms with E-state index >= 15 is 4.39 Å². The Morgan fingerprint density at radius 2 is 1.95 bits per heavy atom. The van der Waals surface area contributed by atoms with Crippen LogP contribution in [0.2, 0.25) is 5.02 Å². The number of ether oxygens (including phenoxy) is 1. The first kappa shape index (κ1) is 25.3. The highest BCUT2D eigenvalue weighted by atomic mass is 35.5. The zero-order chi connectivity index (χ0) is 27.4. The Hall–Kier alpha value is -3.95. The molecule has 0 saturated heterocycles. The zero-order valence-electron chi connectivity index (χ0n) is 21.8. The highest BCUT2D eigenvalue weighted by molar-refractivity contribution is 6.36. The van der Waals surface area contributed by atoms with Crippen LogP contribution in [0.15, 0.2) is 36.7 Å². The number of nitrogens with zero attached hydrogens (tertiary/aromatic N) is 4. The van der Waals surface area contributed by atoms with Crippen LogP contribution in [0.25, 0.3) is 21.9 Å². The molecule has 0 spiro atoms. The van der Waals surface area contributed by atoms with E-state index in [0.717, 1.165) is 25.2 Å². The molecule has 6 rings (SSSR count). The summed E-state index contributed by atoms with van der Waals surface area (Å²) in [7, 11) is 2.12. The molecule has 0 aliphatic carbocycles. The lowest BCUT2D eigenvalue weighted by Gasteiger charge is -2.28. The second-order valence-electron chi connectivity index (χ2n) is 10.1. The number of aromatic nitrogens is 2. The lowest BCUT2D eigenvalue weighted by molar-refractivity contribution is 0.196. The third-order valence-corrected chi connectivity index (χ3v) is 7.91. The summed E-state index contributed by atoms with van der Waals surface area (Å²) >= 11 is 6.49. The topological polar surface area (TPSA) is 90.8 Å². The summed E-state index contributed by atoms with van der Waals surface area (Å²) in [6, 6.07) is 7.81. The fourth-order valence-electron chi connectivity index (χ4n) is 5.58. The molecule has 4 heterocycles. The molecule has 2 aliphatic heterocycles. The van der Waals surface area contributed by atoms with Gasteiger partial charge in [-0.2, -0.15) is 0 Å². The smallest absolute Gasteiger partial charge is 0.412 e. The van der Waals surface area contributed by atoms with Crippen LogP contribution in [-0.2, 0) is 13.0 Å². The predicted molar refractivity (Wildman–Crippen MR) is 150 cm³/mol. The van der Waals surface area contributed by atoms with Gasteiger partial charge in [-0.05, 0) is 79.2 Å². The number of aryl methyl sites for hydroxylation is 1. The Bertz CT molecular complexity index is 1660. The van der Waals surface area contributed by atoms with Crippen molar-refractivity contribution in [1.29, 1.82) is 0 Å². The first-order chi connectivity index (χ1) is 18.7. The minimum atomic E-state index is -1.12. The SMILES string of the molecule is Cc1cc(Nc2cc3cc(-c4cnc5c(c4C)N(C(=O)O)CCO5)c(F)c(Cl)c3cn2)cc2c1CCN(C)C2. The van der Waals surface area contributed by atoms with Crippen molar-refractivity contribution in [3.05, 3.63) is 69.8 Å².